The minimum absolute atomic E-state index is 0.861. The molecule has 2 heterocycles. The molecule has 4 nitrogen and oxygen atoms in total. The standard InChI is InChI=1S/C19H15BrN4S/c1-13-17(11-21-24(13)16-8-3-2-4-9-16)18-12-25-19(23-18)22-15-7-5-6-14(20)10-15/h2-12H,1H3,(H,22,23). The summed E-state index contributed by atoms with van der Waals surface area (Å²) in [5.74, 6) is 0. The third kappa shape index (κ3) is 3.36. The molecule has 2 aromatic carbocycles. The second-order valence-corrected chi connectivity index (χ2v) is 7.34. The fourth-order valence-corrected chi connectivity index (χ4v) is 3.77. The van der Waals surface area contributed by atoms with Gasteiger partial charge in [0.05, 0.1) is 23.3 Å². The van der Waals surface area contributed by atoms with Gasteiger partial charge in [-0.15, -0.1) is 11.3 Å². The molecule has 25 heavy (non-hydrogen) atoms. The summed E-state index contributed by atoms with van der Waals surface area (Å²) in [4.78, 5) is 4.71. The van der Waals surface area contributed by atoms with Crippen molar-refractivity contribution in [2.45, 2.75) is 6.92 Å². The first-order chi connectivity index (χ1) is 12.2. The van der Waals surface area contributed by atoms with Crippen molar-refractivity contribution in [3.63, 3.8) is 0 Å². The maximum absolute atomic E-state index is 4.71. The van der Waals surface area contributed by atoms with E-state index in [0.29, 0.717) is 0 Å². The van der Waals surface area contributed by atoms with Crippen LogP contribution in [-0.2, 0) is 0 Å². The monoisotopic (exact) mass is 410 g/mol. The van der Waals surface area contributed by atoms with Gasteiger partial charge in [0.25, 0.3) is 0 Å². The minimum atomic E-state index is 0.861. The summed E-state index contributed by atoms with van der Waals surface area (Å²) in [5.41, 5.74) is 5.11. The maximum Gasteiger partial charge on any atom is 0.187 e. The van der Waals surface area contributed by atoms with Gasteiger partial charge in [-0.1, -0.05) is 40.2 Å². The largest absolute Gasteiger partial charge is 0.332 e. The van der Waals surface area contributed by atoms with Crippen LogP contribution >= 0.6 is 27.3 Å². The van der Waals surface area contributed by atoms with E-state index in [4.69, 9.17) is 4.98 Å². The van der Waals surface area contributed by atoms with Crippen LogP contribution in [0, 0.1) is 6.92 Å². The quantitative estimate of drug-likeness (QED) is 0.461. The summed E-state index contributed by atoms with van der Waals surface area (Å²) in [7, 11) is 0. The molecule has 1 N–H and O–H groups in total. The molecule has 0 fully saturated rings. The van der Waals surface area contributed by atoms with Gasteiger partial charge >= 0.3 is 0 Å². The summed E-state index contributed by atoms with van der Waals surface area (Å²) in [5, 5.41) is 10.8. The Morgan fingerprint density at radius 2 is 1.92 bits per heavy atom. The van der Waals surface area contributed by atoms with E-state index in [0.717, 1.165) is 37.9 Å². The Bertz CT molecular complexity index is 1010. The zero-order valence-corrected chi connectivity index (χ0v) is 15.9. The minimum Gasteiger partial charge on any atom is -0.332 e. The Morgan fingerprint density at radius 3 is 2.72 bits per heavy atom. The van der Waals surface area contributed by atoms with Crippen molar-refractivity contribution in [3.05, 3.63) is 76.3 Å². The number of para-hydroxylation sites is 1. The first-order valence-corrected chi connectivity index (χ1v) is 9.46. The van der Waals surface area contributed by atoms with Gasteiger partial charge in [-0.05, 0) is 37.3 Å². The molecule has 0 bridgehead atoms. The smallest absolute Gasteiger partial charge is 0.187 e. The number of rotatable bonds is 4. The predicted octanol–water partition coefficient (Wildman–Crippen LogP) is 5.81. The van der Waals surface area contributed by atoms with Crippen molar-refractivity contribution in [3.8, 4) is 16.9 Å². The summed E-state index contributed by atoms with van der Waals surface area (Å²) < 4.78 is 2.98. The number of anilines is 2. The highest BCUT2D eigenvalue weighted by Crippen LogP contribution is 2.30. The van der Waals surface area contributed by atoms with Gasteiger partial charge in [-0.2, -0.15) is 5.10 Å². The van der Waals surface area contributed by atoms with Crippen LogP contribution in [0.1, 0.15) is 5.69 Å². The highest BCUT2D eigenvalue weighted by molar-refractivity contribution is 9.10. The van der Waals surface area contributed by atoms with Gasteiger partial charge in [0.2, 0.25) is 0 Å². The average molecular weight is 411 g/mol. The van der Waals surface area contributed by atoms with Crippen LogP contribution in [0.25, 0.3) is 16.9 Å². The number of thiazole rings is 1. The highest BCUT2D eigenvalue weighted by atomic mass is 79.9. The molecular formula is C19H15BrN4S. The lowest BCUT2D eigenvalue weighted by molar-refractivity contribution is 0.847. The Labute approximate surface area is 158 Å². The van der Waals surface area contributed by atoms with Gasteiger partial charge in [0.15, 0.2) is 5.13 Å². The number of aromatic nitrogens is 3. The van der Waals surface area contributed by atoms with Crippen molar-refractivity contribution < 1.29 is 0 Å². The molecule has 0 aliphatic heterocycles. The number of nitrogens with one attached hydrogen (secondary N) is 1. The summed E-state index contributed by atoms with van der Waals surface area (Å²) in [6.45, 7) is 2.07. The zero-order valence-electron chi connectivity index (χ0n) is 13.5. The van der Waals surface area contributed by atoms with E-state index in [1.165, 1.54) is 0 Å². The van der Waals surface area contributed by atoms with E-state index in [2.05, 4.69) is 38.6 Å². The SMILES string of the molecule is Cc1c(-c2csc(Nc3cccc(Br)c3)n2)cnn1-c1ccccc1. The van der Waals surface area contributed by atoms with Gasteiger partial charge in [0.1, 0.15) is 0 Å². The van der Waals surface area contributed by atoms with E-state index in [-0.39, 0.29) is 0 Å². The van der Waals surface area contributed by atoms with Crippen LogP contribution in [0.2, 0.25) is 0 Å². The van der Waals surface area contributed by atoms with Crippen LogP contribution in [0.4, 0.5) is 10.8 Å². The molecule has 4 rings (SSSR count). The molecule has 0 atom stereocenters. The molecule has 0 saturated carbocycles. The molecule has 0 aliphatic rings. The number of benzene rings is 2. The maximum atomic E-state index is 4.71. The van der Waals surface area contributed by atoms with Gasteiger partial charge in [-0.25, -0.2) is 9.67 Å². The molecule has 0 aliphatic carbocycles. The molecule has 6 heteroatoms. The molecule has 0 unspecified atom stereocenters. The molecule has 0 spiro atoms. The lowest BCUT2D eigenvalue weighted by Gasteiger charge is -2.04. The summed E-state index contributed by atoms with van der Waals surface area (Å²) >= 11 is 5.07. The fraction of sp³-hybridized carbons (Fsp3) is 0.0526. The van der Waals surface area contributed by atoms with Gasteiger partial charge in [-0.3, -0.25) is 0 Å². The molecule has 4 aromatic rings. The van der Waals surface area contributed by atoms with Crippen molar-refractivity contribution in [1.29, 1.82) is 0 Å². The number of hydrogen-bond donors (Lipinski definition) is 1. The zero-order chi connectivity index (χ0) is 17.2. The molecule has 2 aromatic heterocycles. The second-order valence-electron chi connectivity index (χ2n) is 5.56. The third-order valence-electron chi connectivity index (χ3n) is 3.87. The van der Waals surface area contributed by atoms with Crippen molar-refractivity contribution >= 4 is 38.1 Å². The lowest BCUT2D eigenvalue weighted by Crippen LogP contribution is -1.98. The molecular weight excluding hydrogens is 396 g/mol. The Morgan fingerprint density at radius 1 is 1.08 bits per heavy atom. The topological polar surface area (TPSA) is 42.7 Å². The molecule has 0 saturated heterocycles. The van der Waals surface area contributed by atoms with Crippen LogP contribution < -0.4 is 5.32 Å². The average Bonchev–Trinajstić information content (AvgIpc) is 3.22. The first-order valence-electron chi connectivity index (χ1n) is 7.79. The van der Waals surface area contributed by atoms with Crippen LogP contribution in [0.15, 0.2) is 70.6 Å². The van der Waals surface area contributed by atoms with E-state index >= 15 is 0 Å². The normalized spacial score (nSPS) is 10.8. The number of halogens is 1. The Balaban J connectivity index is 1.61. The lowest BCUT2D eigenvalue weighted by atomic mass is 10.2. The third-order valence-corrected chi connectivity index (χ3v) is 5.12. The molecule has 0 radical (unpaired) electrons. The highest BCUT2D eigenvalue weighted by Gasteiger charge is 2.13. The van der Waals surface area contributed by atoms with E-state index in [1.807, 2.05) is 65.5 Å². The van der Waals surface area contributed by atoms with Crippen LogP contribution in [0.3, 0.4) is 0 Å². The fourth-order valence-electron chi connectivity index (χ4n) is 2.64. The van der Waals surface area contributed by atoms with E-state index in [9.17, 15) is 0 Å². The summed E-state index contributed by atoms with van der Waals surface area (Å²) in [6.07, 6.45) is 1.88. The predicted molar refractivity (Wildman–Crippen MR) is 107 cm³/mol. The van der Waals surface area contributed by atoms with Crippen molar-refractivity contribution in [2.24, 2.45) is 0 Å². The Hall–Kier alpha value is -2.44. The van der Waals surface area contributed by atoms with E-state index < -0.39 is 0 Å². The summed E-state index contributed by atoms with van der Waals surface area (Å²) in [6, 6.07) is 18.2. The van der Waals surface area contributed by atoms with Crippen LogP contribution in [-0.4, -0.2) is 14.8 Å². The molecule has 0 amide bonds. The van der Waals surface area contributed by atoms with Crippen molar-refractivity contribution in [1.82, 2.24) is 14.8 Å². The molecule has 124 valence electrons. The second kappa shape index (κ2) is 6.82. The number of nitrogens with zero attached hydrogens (tertiary/aromatic N) is 3. The number of hydrogen-bond acceptors (Lipinski definition) is 4. The van der Waals surface area contributed by atoms with Crippen LogP contribution in [0.5, 0.6) is 0 Å². The first kappa shape index (κ1) is 16.1. The van der Waals surface area contributed by atoms with Gasteiger partial charge < -0.3 is 5.32 Å². The Kier molecular flexibility index (Phi) is 4.38. The van der Waals surface area contributed by atoms with Crippen molar-refractivity contribution in [2.75, 3.05) is 5.32 Å². The van der Waals surface area contributed by atoms with Gasteiger partial charge in [0, 0.05) is 21.1 Å². The van der Waals surface area contributed by atoms with E-state index in [1.54, 1.807) is 11.3 Å².